The molecule has 0 atom stereocenters. The molecule has 1 rings (SSSR count). The van der Waals surface area contributed by atoms with Gasteiger partial charge in [0, 0.05) is 10.7 Å². The van der Waals surface area contributed by atoms with Gasteiger partial charge in [0.15, 0.2) is 0 Å². The first kappa shape index (κ1) is 11.5. The number of halogens is 1. The third kappa shape index (κ3) is 2.70. The zero-order valence-electron chi connectivity index (χ0n) is 7.19. The molecule has 0 saturated heterocycles. The molecule has 0 aromatic carbocycles. The molecule has 1 aromatic heterocycles. The Kier molecular flexibility index (Phi) is 3.52. The molecule has 1 aromatic rings. The summed E-state index contributed by atoms with van der Waals surface area (Å²) >= 11 is 0.793. The SMILES string of the molecule is CCOC(=O)c1ccc(S(=O)(=O)Cl)s1. The van der Waals surface area contributed by atoms with Crippen LogP contribution in [0.4, 0.5) is 0 Å². The Morgan fingerprint density at radius 2 is 2.21 bits per heavy atom. The second-order valence-electron chi connectivity index (χ2n) is 2.28. The van der Waals surface area contributed by atoms with Gasteiger partial charge in [-0.15, -0.1) is 11.3 Å². The van der Waals surface area contributed by atoms with Crippen LogP contribution in [0.15, 0.2) is 16.3 Å². The van der Waals surface area contributed by atoms with Crippen LogP contribution in [0.5, 0.6) is 0 Å². The summed E-state index contributed by atoms with van der Waals surface area (Å²) in [6.07, 6.45) is 0. The van der Waals surface area contributed by atoms with E-state index in [4.69, 9.17) is 10.7 Å². The Morgan fingerprint density at radius 3 is 2.64 bits per heavy atom. The van der Waals surface area contributed by atoms with Crippen molar-refractivity contribution in [1.29, 1.82) is 0 Å². The van der Waals surface area contributed by atoms with Crippen LogP contribution in [-0.4, -0.2) is 21.0 Å². The van der Waals surface area contributed by atoms with Crippen molar-refractivity contribution in [3.63, 3.8) is 0 Å². The van der Waals surface area contributed by atoms with Gasteiger partial charge in [0.05, 0.1) is 6.61 Å². The van der Waals surface area contributed by atoms with Crippen LogP contribution in [0.25, 0.3) is 0 Å². The van der Waals surface area contributed by atoms with Crippen molar-refractivity contribution in [1.82, 2.24) is 0 Å². The molecule has 0 aliphatic rings. The molecule has 0 N–H and O–H groups in total. The van der Waals surface area contributed by atoms with Crippen molar-refractivity contribution in [2.75, 3.05) is 6.61 Å². The zero-order valence-corrected chi connectivity index (χ0v) is 9.58. The molecule has 0 bridgehead atoms. The van der Waals surface area contributed by atoms with E-state index in [0.717, 1.165) is 11.3 Å². The third-order valence-corrected chi connectivity index (χ3v) is 4.46. The molecule has 7 heteroatoms. The van der Waals surface area contributed by atoms with Gasteiger partial charge in [-0.1, -0.05) is 0 Å². The molecule has 0 fully saturated rings. The molecule has 0 radical (unpaired) electrons. The van der Waals surface area contributed by atoms with Gasteiger partial charge < -0.3 is 4.74 Å². The van der Waals surface area contributed by atoms with E-state index in [0.29, 0.717) is 0 Å². The second-order valence-corrected chi connectivity index (χ2v) is 6.15. The van der Waals surface area contributed by atoms with Gasteiger partial charge in [-0.3, -0.25) is 0 Å². The molecule has 0 unspecified atom stereocenters. The van der Waals surface area contributed by atoms with E-state index < -0.39 is 15.0 Å². The molecule has 4 nitrogen and oxygen atoms in total. The van der Waals surface area contributed by atoms with E-state index in [1.54, 1.807) is 6.92 Å². The molecule has 0 aliphatic heterocycles. The van der Waals surface area contributed by atoms with E-state index in [2.05, 4.69) is 4.74 Å². The number of thiophene rings is 1. The lowest BCUT2D eigenvalue weighted by Crippen LogP contribution is -2.01. The Labute approximate surface area is 89.9 Å². The lowest BCUT2D eigenvalue weighted by molar-refractivity contribution is 0.0532. The van der Waals surface area contributed by atoms with Crippen molar-refractivity contribution in [2.45, 2.75) is 11.1 Å². The number of hydrogen-bond donors (Lipinski definition) is 0. The summed E-state index contributed by atoms with van der Waals surface area (Å²) in [6.45, 7) is 1.92. The van der Waals surface area contributed by atoms with Gasteiger partial charge in [-0.25, -0.2) is 13.2 Å². The minimum absolute atomic E-state index is 0.0535. The number of ether oxygens (including phenoxy) is 1. The van der Waals surface area contributed by atoms with Crippen LogP contribution in [0.2, 0.25) is 0 Å². The number of esters is 1. The van der Waals surface area contributed by atoms with Crippen LogP contribution in [0.1, 0.15) is 16.6 Å². The molecular weight excluding hydrogens is 248 g/mol. The average Bonchev–Trinajstić information content (AvgIpc) is 2.51. The summed E-state index contributed by atoms with van der Waals surface area (Å²) in [6, 6.07) is 2.65. The Hall–Kier alpha value is -0.590. The summed E-state index contributed by atoms with van der Waals surface area (Å²) in [7, 11) is 1.34. The number of rotatable bonds is 3. The summed E-state index contributed by atoms with van der Waals surface area (Å²) in [5, 5.41) is 0. The fourth-order valence-corrected chi connectivity index (χ4v) is 2.73. The van der Waals surface area contributed by atoms with Gasteiger partial charge in [0.1, 0.15) is 9.09 Å². The smallest absolute Gasteiger partial charge is 0.348 e. The summed E-state index contributed by atoms with van der Waals surface area (Å²) in [5.74, 6) is -0.538. The monoisotopic (exact) mass is 254 g/mol. The molecular formula is C7H7ClO4S2. The van der Waals surface area contributed by atoms with Crippen molar-refractivity contribution >= 4 is 37.0 Å². The molecule has 14 heavy (non-hydrogen) atoms. The maximum Gasteiger partial charge on any atom is 0.348 e. The Balaban J connectivity index is 2.94. The molecule has 0 amide bonds. The van der Waals surface area contributed by atoms with Crippen LogP contribution >= 0.6 is 22.0 Å². The van der Waals surface area contributed by atoms with E-state index in [1.807, 2.05) is 0 Å². The second kappa shape index (κ2) is 4.29. The third-order valence-electron chi connectivity index (χ3n) is 1.30. The average molecular weight is 255 g/mol. The Bertz CT molecular complexity index is 434. The van der Waals surface area contributed by atoms with Crippen LogP contribution in [0.3, 0.4) is 0 Å². The van der Waals surface area contributed by atoms with Gasteiger partial charge in [-0.05, 0) is 19.1 Å². The van der Waals surface area contributed by atoms with Crippen LogP contribution in [0, 0.1) is 0 Å². The quantitative estimate of drug-likeness (QED) is 0.610. The summed E-state index contributed by atoms with van der Waals surface area (Å²) in [4.78, 5) is 11.4. The largest absolute Gasteiger partial charge is 0.462 e. The predicted molar refractivity (Wildman–Crippen MR) is 53.3 cm³/mol. The topological polar surface area (TPSA) is 60.4 Å². The fraction of sp³-hybridized carbons (Fsp3) is 0.286. The highest BCUT2D eigenvalue weighted by Gasteiger charge is 2.17. The standard InChI is InChI=1S/C7H7ClO4S2/c1-2-12-7(9)5-3-4-6(13-5)14(8,10)11/h3-4H,2H2,1H3. The predicted octanol–water partition coefficient (Wildman–Crippen LogP) is 1.85. The fourth-order valence-electron chi connectivity index (χ4n) is 0.763. The van der Waals surface area contributed by atoms with Crippen molar-refractivity contribution < 1.29 is 17.9 Å². The van der Waals surface area contributed by atoms with E-state index >= 15 is 0 Å². The molecule has 78 valence electrons. The number of hydrogen-bond acceptors (Lipinski definition) is 5. The lowest BCUT2D eigenvalue weighted by Gasteiger charge is -1.96. The number of carbonyl (C=O) groups is 1. The van der Waals surface area contributed by atoms with E-state index in [9.17, 15) is 13.2 Å². The van der Waals surface area contributed by atoms with Crippen molar-refractivity contribution in [3.8, 4) is 0 Å². The lowest BCUT2D eigenvalue weighted by atomic mass is 10.5. The minimum Gasteiger partial charge on any atom is -0.462 e. The minimum atomic E-state index is -3.75. The number of carbonyl (C=O) groups excluding carboxylic acids is 1. The summed E-state index contributed by atoms with van der Waals surface area (Å²) < 4.78 is 26.3. The zero-order chi connectivity index (χ0) is 10.8. The molecule has 0 spiro atoms. The van der Waals surface area contributed by atoms with Crippen LogP contribution < -0.4 is 0 Å². The first-order chi connectivity index (χ1) is 6.45. The van der Waals surface area contributed by atoms with E-state index in [1.165, 1.54) is 12.1 Å². The van der Waals surface area contributed by atoms with Gasteiger partial charge in [-0.2, -0.15) is 0 Å². The van der Waals surface area contributed by atoms with Gasteiger partial charge >= 0.3 is 5.97 Å². The molecule has 1 heterocycles. The molecule has 0 aliphatic carbocycles. The van der Waals surface area contributed by atoms with Crippen LogP contribution in [-0.2, 0) is 13.8 Å². The highest BCUT2D eigenvalue weighted by atomic mass is 35.7. The molecule has 0 saturated carbocycles. The maximum absolute atomic E-state index is 11.1. The summed E-state index contributed by atoms with van der Waals surface area (Å²) in [5.41, 5.74) is 0. The van der Waals surface area contributed by atoms with Crippen molar-refractivity contribution in [3.05, 3.63) is 17.0 Å². The maximum atomic E-state index is 11.1. The van der Waals surface area contributed by atoms with Gasteiger partial charge in [0.25, 0.3) is 9.05 Å². The highest BCUT2D eigenvalue weighted by molar-refractivity contribution is 8.15. The first-order valence-corrected chi connectivity index (χ1v) is 6.79. The van der Waals surface area contributed by atoms with E-state index in [-0.39, 0.29) is 15.7 Å². The van der Waals surface area contributed by atoms with Crippen molar-refractivity contribution in [2.24, 2.45) is 0 Å². The normalized spacial score (nSPS) is 11.3. The Morgan fingerprint density at radius 1 is 1.57 bits per heavy atom. The highest BCUT2D eigenvalue weighted by Crippen LogP contribution is 2.25. The van der Waals surface area contributed by atoms with Gasteiger partial charge in [0.2, 0.25) is 0 Å². The first-order valence-electron chi connectivity index (χ1n) is 3.66.